The molecule has 0 bridgehead atoms. The van der Waals surface area contributed by atoms with E-state index in [-0.39, 0.29) is 17.0 Å². The van der Waals surface area contributed by atoms with Crippen LogP contribution in [-0.2, 0) is 7.05 Å². The molecule has 0 saturated carbocycles. The van der Waals surface area contributed by atoms with Crippen molar-refractivity contribution < 1.29 is 4.79 Å². The van der Waals surface area contributed by atoms with E-state index in [4.69, 9.17) is 0 Å². The Kier molecular flexibility index (Phi) is 4.33. The summed E-state index contributed by atoms with van der Waals surface area (Å²) in [4.78, 5) is 33.4. The SMILES string of the molecule is Cc1nn(C)c(=O)c(C(=O)N2CCN(c3ccccn3)CC2)c1C. The Morgan fingerprint density at radius 1 is 1.12 bits per heavy atom. The average molecular weight is 327 g/mol. The van der Waals surface area contributed by atoms with Crippen LogP contribution in [0, 0.1) is 13.8 Å². The highest BCUT2D eigenvalue weighted by Crippen LogP contribution is 2.15. The third-order valence-corrected chi connectivity index (χ3v) is 4.48. The number of hydrogen-bond acceptors (Lipinski definition) is 5. The van der Waals surface area contributed by atoms with Gasteiger partial charge in [-0.15, -0.1) is 0 Å². The molecular weight excluding hydrogens is 306 g/mol. The van der Waals surface area contributed by atoms with Gasteiger partial charge in [0, 0.05) is 39.4 Å². The van der Waals surface area contributed by atoms with Gasteiger partial charge in [0.15, 0.2) is 0 Å². The highest BCUT2D eigenvalue weighted by atomic mass is 16.2. The maximum absolute atomic E-state index is 12.8. The predicted octanol–water partition coefficient (Wildman–Crippen LogP) is 0.755. The first kappa shape index (κ1) is 16.2. The van der Waals surface area contributed by atoms with Crippen molar-refractivity contribution >= 4 is 11.7 Å². The molecule has 0 aromatic carbocycles. The van der Waals surface area contributed by atoms with E-state index in [1.165, 1.54) is 4.68 Å². The summed E-state index contributed by atoms with van der Waals surface area (Å²) >= 11 is 0. The summed E-state index contributed by atoms with van der Waals surface area (Å²) in [6, 6.07) is 5.80. The molecule has 1 amide bonds. The summed E-state index contributed by atoms with van der Waals surface area (Å²) in [5.74, 6) is 0.704. The lowest BCUT2D eigenvalue weighted by atomic mass is 10.1. The second-order valence-corrected chi connectivity index (χ2v) is 5.98. The number of carbonyl (C=O) groups is 1. The Balaban J connectivity index is 1.78. The third-order valence-electron chi connectivity index (χ3n) is 4.48. The first-order valence-corrected chi connectivity index (χ1v) is 7.99. The molecule has 1 saturated heterocycles. The van der Waals surface area contributed by atoms with Gasteiger partial charge in [0.25, 0.3) is 11.5 Å². The van der Waals surface area contributed by atoms with E-state index in [0.29, 0.717) is 37.4 Å². The largest absolute Gasteiger partial charge is 0.353 e. The fourth-order valence-electron chi connectivity index (χ4n) is 2.94. The highest BCUT2D eigenvalue weighted by molar-refractivity contribution is 5.95. The fraction of sp³-hybridized carbons (Fsp3) is 0.412. The van der Waals surface area contributed by atoms with E-state index in [0.717, 1.165) is 5.82 Å². The Morgan fingerprint density at radius 2 is 1.83 bits per heavy atom. The summed E-state index contributed by atoms with van der Waals surface area (Å²) in [6.45, 7) is 6.13. The van der Waals surface area contributed by atoms with E-state index in [1.807, 2.05) is 25.1 Å². The summed E-state index contributed by atoms with van der Waals surface area (Å²) in [6.07, 6.45) is 1.76. The van der Waals surface area contributed by atoms with Crippen molar-refractivity contribution in [2.45, 2.75) is 13.8 Å². The average Bonchev–Trinajstić information content (AvgIpc) is 2.61. The molecule has 7 heteroatoms. The van der Waals surface area contributed by atoms with Gasteiger partial charge in [-0.05, 0) is 31.5 Å². The molecule has 0 radical (unpaired) electrons. The molecule has 0 N–H and O–H groups in total. The van der Waals surface area contributed by atoms with Crippen LogP contribution in [-0.4, -0.2) is 51.8 Å². The van der Waals surface area contributed by atoms with Crippen LogP contribution in [0.4, 0.5) is 5.82 Å². The van der Waals surface area contributed by atoms with E-state index >= 15 is 0 Å². The molecule has 7 nitrogen and oxygen atoms in total. The summed E-state index contributed by atoms with van der Waals surface area (Å²) in [7, 11) is 1.57. The van der Waals surface area contributed by atoms with E-state index < -0.39 is 0 Å². The Labute approximate surface area is 140 Å². The number of aromatic nitrogens is 3. The quantitative estimate of drug-likeness (QED) is 0.814. The van der Waals surface area contributed by atoms with Crippen LogP contribution >= 0.6 is 0 Å². The smallest absolute Gasteiger partial charge is 0.279 e. The number of rotatable bonds is 2. The van der Waals surface area contributed by atoms with Crippen molar-refractivity contribution in [1.29, 1.82) is 0 Å². The monoisotopic (exact) mass is 327 g/mol. The number of pyridine rings is 1. The number of aryl methyl sites for hydroxylation is 2. The van der Waals surface area contributed by atoms with Gasteiger partial charge in [-0.1, -0.05) is 6.07 Å². The molecule has 1 fully saturated rings. The lowest BCUT2D eigenvalue weighted by Gasteiger charge is -2.35. The molecule has 24 heavy (non-hydrogen) atoms. The lowest BCUT2D eigenvalue weighted by molar-refractivity contribution is 0.0742. The molecule has 126 valence electrons. The lowest BCUT2D eigenvalue weighted by Crippen LogP contribution is -2.50. The van der Waals surface area contributed by atoms with Gasteiger partial charge in [0.05, 0.1) is 5.69 Å². The zero-order valence-corrected chi connectivity index (χ0v) is 14.2. The van der Waals surface area contributed by atoms with Gasteiger partial charge >= 0.3 is 0 Å². The van der Waals surface area contributed by atoms with Crippen molar-refractivity contribution in [2.75, 3.05) is 31.1 Å². The molecule has 0 aliphatic carbocycles. The summed E-state index contributed by atoms with van der Waals surface area (Å²) in [5.41, 5.74) is 1.26. The standard InChI is InChI=1S/C17H21N5O2/c1-12-13(2)19-20(3)16(23)15(12)17(24)22-10-8-21(9-11-22)14-6-4-5-7-18-14/h4-7H,8-11H2,1-3H3. The minimum absolute atomic E-state index is 0.209. The second kappa shape index (κ2) is 6.43. The van der Waals surface area contributed by atoms with Crippen LogP contribution < -0.4 is 10.5 Å². The van der Waals surface area contributed by atoms with Crippen LogP contribution in [0.15, 0.2) is 29.2 Å². The number of carbonyl (C=O) groups excluding carboxylic acids is 1. The van der Waals surface area contributed by atoms with Crippen LogP contribution in [0.1, 0.15) is 21.6 Å². The normalized spacial score (nSPS) is 14.8. The molecule has 0 atom stereocenters. The van der Waals surface area contributed by atoms with E-state index in [2.05, 4.69) is 15.0 Å². The van der Waals surface area contributed by atoms with Crippen molar-refractivity contribution in [2.24, 2.45) is 7.05 Å². The molecule has 1 aliphatic heterocycles. The molecular formula is C17H21N5O2. The minimum atomic E-state index is -0.338. The Hall–Kier alpha value is -2.70. The fourth-order valence-corrected chi connectivity index (χ4v) is 2.94. The molecule has 3 heterocycles. The van der Waals surface area contributed by atoms with Crippen LogP contribution in [0.25, 0.3) is 0 Å². The third kappa shape index (κ3) is 2.89. The number of amides is 1. The molecule has 2 aromatic heterocycles. The topological polar surface area (TPSA) is 71.3 Å². The molecule has 1 aliphatic rings. The number of nitrogens with zero attached hydrogens (tertiary/aromatic N) is 5. The van der Waals surface area contributed by atoms with Crippen molar-refractivity contribution in [3.05, 3.63) is 51.6 Å². The van der Waals surface area contributed by atoms with Crippen molar-refractivity contribution in [3.8, 4) is 0 Å². The molecule has 0 spiro atoms. The molecule has 2 aromatic rings. The maximum Gasteiger partial charge on any atom is 0.279 e. The van der Waals surface area contributed by atoms with Gasteiger partial charge in [0.1, 0.15) is 11.4 Å². The molecule has 0 unspecified atom stereocenters. The van der Waals surface area contributed by atoms with Crippen LogP contribution in [0.2, 0.25) is 0 Å². The highest BCUT2D eigenvalue weighted by Gasteiger charge is 2.27. The van der Waals surface area contributed by atoms with Gasteiger partial charge in [0.2, 0.25) is 0 Å². The summed E-state index contributed by atoms with van der Waals surface area (Å²) in [5, 5.41) is 4.13. The zero-order valence-electron chi connectivity index (χ0n) is 14.2. The Morgan fingerprint density at radius 3 is 2.46 bits per heavy atom. The van der Waals surface area contributed by atoms with Gasteiger partial charge < -0.3 is 9.80 Å². The zero-order chi connectivity index (χ0) is 17.3. The van der Waals surface area contributed by atoms with Gasteiger partial charge in [-0.25, -0.2) is 9.67 Å². The predicted molar refractivity (Wildman–Crippen MR) is 91.3 cm³/mol. The maximum atomic E-state index is 12.8. The van der Waals surface area contributed by atoms with Crippen LogP contribution in [0.3, 0.4) is 0 Å². The van der Waals surface area contributed by atoms with E-state index in [1.54, 1.807) is 25.1 Å². The molecule has 3 rings (SSSR count). The Bertz CT molecular complexity index is 808. The van der Waals surface area contributed by atoms with Crippen molar-refractivity contribution in [3.63, 3.8) is 0 Å². The van der Waals surface area contributed by atoms with Crippen molar-refractivity contribution in [1.82, 2.24) is 19.7 Å². The second-order valence-electron chi connectivity index (χ2n) is 5.98. The van der Waals surface area contributed by atoms with Crippen LogP contribution in [0.5, 0.6) is 0 Å². The summed E-state index contributed by atoms with van der Waals surface area (Å²) < 4.78 is 1.24. The first-order chi connectivity index (χ1) is 11.5. The van der Waals surface area contributed by atoms with Gasteiger partial charge in [-0.2, -0.15) is 5.10 Å². The minimum Gasteiger partial charge on any atom is -0.353 e. The number of hydrogen-bond donors (Lipinski definition) is 0. The first-order valence-electron chi connectivity index (χ1n) is 7.99. The number of piperazine rings is 1. The number of anilines is 1. The van der Waals surface area contributed by atoms with E-state index in [9.17, 15) is 9.59 Å². The van der Waals surface area contributed by atoms with Gasteiger partial charge in [-0.3, -0.25) is 9.59 Å².